The fourth-order valence-electron chi connectivity index (χ4n) is 1.61. The molecule has 1 amide bonds. The number of hydrogen-bond donors (Lipinski definition) is 2. The lowest BCUT2D eigenvalue weighted by molar-refractivity contribution is 0.0494. The second kappa shape index (κ2) is 5.04. The number of hydrogen-bond acceptors (Lipinski definition) is 3. The molecule has 0 radical (unpaired) electrons. The van der Waals surface area contributed by atoms with Crippen molar-refractivity contribution in [3.63, 3.8) is 0 Å². The van der Waals surface area contributed by atoms with Gasteiger partial charge in [-0.15, -0.1) is 0 Å². The van der Waals surface area contributed by atoms with E-state index in [2.05, 4.69) is 17.6 Å². The molecular weight excluding hydrogens is 204 g/mol. The number of alkyl carbamates (subject to hydrolysis) is 1. The summed E-state index contributed by atoms with van der Waals surface area (Å²) < 4.78 is 5.25. The van der Waals surface area contributed by atoms with Gasteiger partial charge < -0.3 is 15.4 Å². The van der Waals surface area contributed by atoms with Gasteiger partial charge in [0, 0.05) is 5.54 Å². The fourth-order valence-corrected chi connectivity index (χ4v) is 1.61. The van der Waals surface area contributed by atoms with E-state index in [9.17, 15) is 4.79 Å². The van der Waals surface area contributed by atoms with Crippen LogP contribution in [0.25, 0.3) is 0 Å². The van der Waals surface area contributed by atoms with Crippen molar-refractivity contribution >= 4 is 6.09 Å². The second-order valence-electron chi connectivity index (χ2n) is 5.51. The van der Waals surface area contributed by atoms with Crippen molar-refractivity contribution in [3.05, 3.63) is 0 Å². The van der Waals surface area contributed by atoms with E-state index in [1.54, 1.807) is 0 Å². The molecule has 4 nitrogen and oxygen atoms in total. The Morgan fingerprint density at radius 3 is 2.44 bits per heavy atom. The van der Waals surface area contributed by atoms with Crippen molar-refractivity contribution in [2.45, 2.75) is 58.1 Å². The smallest absolute Gasteiger partial charge is 0.408 e. The van der Waals surface area contributed by atoms with Gasteiger partial charge in [-0.25, -0.2) is 4.79 Å². The second-order valence-corrected chi connectivity index (χ2v) is 5.51. The molecule has 0 spiro atoms. The summed E-state index contributed by atoms with van der Waals surface area (Å²) in [5.41, 5.74) is -0.410. The SMILES string of the molecule is CCNCCC1(NC(=O)OC(C)(C)C)CC1. The molecule has 0 aliphatic heterocycles. The first-order chi connectivity index (χ1) is 7.37. The highest BCUT2D eigenvalue weighted by Crippen LogP contribution is 2.38. The Kier molecular flexibility index (Phi) is 4.19. The Labute approximate surface area is 98.1 Å². The van der Waals surface area contributed by atoms with Crippen molar-refractivity contribution in [3.8, 4) is 0 Å². The average Bonchev–Trinajstić information content (AvgIpc) is 2.82. The fraction of sp³-hybridized carbons (Fsp3) is 0.917. The van der Waals surface area contributed by atoms with Crippen LogP contribution < -0.4 is 10.6 Å². The molecule has 0 atom stereocenters. The van der Waals surface area contributed by atoms with Gasteiger partial charge in [-0.3, -0.25) is 0 Å². The number of nitrogens with one attached hydrogen (secondary N) is 2. The lowest BCUT2D eigenvalue weighted by atomic mass is 10.2. The van der Waals surface area contributed by atoms with Gasteiger partial charge in [-0.2, -0.15) is 0 Å². The van der Waals surface area contributed by atoms with E-state index in [-0.39, 0.29) is 11.6 Å². The van der Waals surface area contributed by atoms with Crippen LogP contribution in [0.5, 0.6) is 0 Å². The molecular formula is C12H24N2O2. The standard InChI is InChI=1S/C12H24N2O2/c1-5-13-9-8-12(6-7-12)14-10(15)16-11(2,3)4/h13H,5-9H2,1-4H3,(H,14,15). The van der Waals surface area contributed by atoms with E-state index in [1.807, 2.05) is 20.8 Å². The van der Waals surface area contributed by atoms with Crippen LogP contribution in [0.15, 0.2) is 0 Å². The Morgan fingerprint density at radius 1 is 1.38 bits per heavy atom. The Balaban J connectivity index is 2.27. The highest BCUT2D eigenvalue weighted by atomic mass is 16.6. The third-order valence-electron chi connectivity index (χ3n) is 2.65. The highest BCUT2D eigenvalue weighted by Gasteiger charge is 2.44. The van der Waals surface area contributed by atoms with Gasteiger partial charge in [0.15, 0.2) is 0 Å². The lowest BCUT2D eigenvalue weighted by Gasteiger charge is -2.23. The molecule has 1 aliphatic carbocycles. The maximum absolute atomic E-state index is 11.6. The molecule has 0 saturated heterocycles. The van der Waals surface area contributed by atoms with Gasteiger partial charge >= 0.3 is 6.09 Å². The van der Waals surface area contributed by atoms with Crippen molar-refractivity contribution in [1.29, 1.82) is 0 Å². The minimum absolute atomic E-state index is 0.00447. The third kappa shape index (κ3) is 4.84. The predicted octanol–water partition coefficient (Wildman–Crippen LogP) is 2.04. The molecule has 94 valence electrons. The molecule has 0 bridgehead atoms. The van der Waals surface area contributed by atoms with Gasteiger partial charge in [0.05, 0.1) is 0 Å². The molecule has 1 fully saturated rings. The molecule has 0 aromatic carbocycles. The summed E-state index contributed by atoms with van der Waals surface area (Å²) >= 11 is 0. The van der Waals surface area contributed by atoms with Crippen LogP contribution in [0.3, 0.4) is 0 Å². The molecule has 0 aromatic rings. The number of carbonyl (C=O) groups excluding carboxylic acids is 1. The summed E-state index contributed by atoms with van der Waals surface area (Å²) in [6.07, 6.45) is 2.83. The van der Waals surface area contributed by atoms with E-state index in [4.69, 9.17) is 4.74 Å². The Morgan fingerprint density at radius 2 is 2.00 bits per heavy atom. The molecule has 2 N–H and O–H groups in total. The summed E-state index contributed by atoms with van der Waals surface area (Å²) in [6, 6.07) is 0. The van der Waals surface area contributed by atoms with E-state index in [1.165, 1.54) is 0 Å². The minimum Gasteiger partial charge on any atom is -0.444 e. The summed E-state index contributed by atoms with van der Waals surface area (Å²) in [5, 5.41) is 6.26. The first kappa shape index (κ1) is 13.3. The quantitative estimate of drug-likeness (QED) is 0.708. The Hall–Kier alpha value is -0.770. The first-order valence-electron chi connectivity index (χ1n) is 6.09. The Bertz CT molecular complexity index is 242. The summed E-state index contributed by atoms with van der Waals surface area (Å²) in [4.78, 5) is 11.6. The number of rotatable bonds is 5. The highest BCUT2D eigenvalue weighted by molar-refractivity contribution is 5.69. The van der Waals surface area contributed by atoms with Crippen LogP contribution in [-0.4, -0.2) is 30.3 Å². The van der Waals surface area contributed by atoms with Gasteiger partial charge in [-0.05, 0) is 53.1 Å². The maximum atomic E-state index is 11.6. The van der Waals surface area contributed by atoms with Crippen LogP contribution in [0.4, 0.5) is 4.79 Å². The van der Waals surface area contributed by atoms with Crippen molar-refractivity contribution < 1.29 is 9.53 Å². The summed E-state index contributed by atoms with van der Waals surface area (Å²) in [5.74, 6) is 0. The topological polar surface area (TPSA) is 50.4 Å². The largest absolute Gasteiger partial charge is 0.444 e. The van der Waals surface area contributed by atoms with Crippen LogP contribution in [0.1, 0.15) is 47.0 Å². The summed E-state index contributed by atoms with van der Waals surface area (Å²) in [6.45, 7) is 9.65. The van der Waals surface area contributed by atoms with E-state index < -0.39 is 5.60 Å². The number of carbonyl (C=O) groups is 1. The predicted molar refractivity (Wildman–Crippen MR) is 64.5 cm³/mol. The first-order valence-corrected chi connectivity index (χ1v) is 6.09. The van der Waals surface area contributed by atoms with Crippen molar-refractivity contribution in [2.24, 2.45) is 0 Å². The van der Waals surface area contributed by atoms with E-state index in [0.29, 0.717) is 0 Å². The lowest BCUT2D eigenvalue weighted by Crippen LogP contribution is -2.42. The van der Waals surface area contributed by atoms with Crippen LogP contribution in [-0.2, 0) is 4.74 Å². The van der Waals surface area contributed by atoms with Gasteiger partial charge in [0.1, 0.15) is 5.60 Å². The maximum Gasteiger partial charge on any atom is 0.408 e. The van der Waals surface area contributed by atoms with Crippen molar-refractivity contribution in [2.75, 3.05) is 13.1 Å². The molecule has 1 aliphatic rings. The zero-order valence-corrected chi connectivity index (χ0v) is 10.9. The van der Waals surface area contributed by atoms with Crippen LogP contribution in [0, 0.1) is 0 Å². The molecule has 1 rings (SSSR count). The molecule has 1 saturated carbocycles. The molecule has 0 heterocycles. The van der Waals surface area contributed by atoms with Crippen LogP contribution >= 0.6 is 0 Å². The molecule has 4 heteroatoms. The zero-order valence-electron chi connectivity index (χ0n) is 10.9. The monoisotopic (exact) mass is 228 g/mol. The normalized spacial score (nSPS) is 18.0. The summed E-state index contributed by atoms with van der Waals surface area (Å²) in [7, 11) is 0. The molecule has 0 aromatic heterocycles. The van der Waals surface area contributed by atoms with E-state index >= 15 is 0 Å². The van der Waals surface area contributed by atoms with E-state index in [0.717, 1.165) is 32.4 Å². The molecule has 0 unspecified atom stereocenters. The van der Waals surface area contributed by atoms with Gasteiger partial charge in [0.25, 0.3) is 0 Å². The van der Waals surface area contributed by atoms with Crippen molar-refractivity contribution in [1.82, 2.24) is 10.6 Å². The van der Waals surface area contributed by atoms with Gasteiger partial charge in [0.2, 0.25) is 0 Å². The third-order valence-corrected chi connectivity index (χ3v) is 2.65. The van der Waals surface area contributed by atoms with Gasteiger partial charge in [-0.1, -0.05) is 6.92 Å². The number of amides is 1. The number of ether oxygens (including phenoxy) is 1. The molecule has 16 heavy (non-hydrogen) atoms. The van der Waals surface area contributed by atoms with Crippen LogP contribution in [0.2, 0.25) is 0 Å². The average molecular weight is 228 g/mol. The minimum atomic E-state index is -0.415. The zero-order chi connectivity index (χ0) is 12.2.